The van der Waals surface area contributed by atoms with Gasteiger partial charge in [-0.15, -0.1) is 11.3 Å². The van der Waals surface area contributed by atoms with Crippen LogP contribution in [-0.4, -0.2) is 6.21 Å². The number of nitrogens with zero attached hydrogens (tertiary/aromatic N) is 2. The molecule has 1 aliphatic carbocycles. The number of nitriles is 1. The van der Waals surface area contributed by atoms with E-state index in [9.17, 15) is 5.26 Å². The van der Waals surface area contributed by atoms with E-state index < -0.39 is 0 Å². The Morgan fingerprint density at radius 3 is 2.86 bits per heavy atom. The summed E-state index contributed by atoms with van der Waals surface area (Å²) < 4.78 is 0. The number of allylic oxidation sites excluding steroid dienone is 1. The van der Waals surface area contributed by atoms with Crippen LogP contribution in [0.3, 0.4) is 0 Å². The molecule has 0 unspecified atom stereocenters. The van der Waals surface area contributed by atoms with Crippen LogP contribution < -0.4 is 0 Å². The number of halogens is 1. The molecule has 1 aromatic carbocycles. The first-order valence-corrected chi connectivity index (χ1v) is 8.49. The molecule has 0 saturated heterocycles. The van der Waals surface area contributed by atoms with E-state index in [0.29, 0.717) is 0 Å². The summed E-state index contributed by atoms with van der Waals surface area (Å²) in [5, 5.41) is 10.9. The van der Waals surface area contributed by atoms with Crippen molar-refractivity contribution in [2.75, 3.05) is 0 Å². The average molecular weight is 327 g/mol. The zero-order chi connectivity index (χ0) is 15.4. The summed E-state index contributed by atoms with van der Waals surface area (Å²) in [6.07, 6.45) is 10.0. The Labute approximate surface area is 139 Å². The second-order valence-corrected chi connectivity index (χ2v) is 6.65. The van der Waals surface area contributed by atoms with Crippen LogP contribution in [0.5, 0.6) is 0 Å². The van der Waals surface area contributed by atoms with Crippen molar-refractivity contribution in [3.8, 4) is 6.07 Å². The normalized spacial score (nSPS) is 14.4. The molecule has 0 bridgehead atoms. The van der Waals surface area contributed by atoms with Crippen LogP contribution in [0.25, 0.3) is 6.08 Å². The van der Waals surface area contributed by atoms with Crippen LogP contribution >= 0.6 is 22.9 Å². The molecular weight excluding hydrogens is 312 g/mol. The van der Waals surface area contributed by atoms with E-state index in [4.69, 9.17) is 11.6 Å². The van der Waals surface area contributed by atoms with Crippen LogP contribution in [0.4, 0.5) is 5.00 Å². The predicted molar refractivity (Wildman–Crippen MR) is 94.3 cm³/mol. The van der Waals surface area contributed by atoms with Gasteiger partial charge in [0.15, 0.2) is 0 Å². The van der Waals surface area contributed by atoms with Crippen molar-refractivity contribution in [3.05, 3.63) is 56.9 Å². The highest BCUT2D eigenvalue weighted by Gasteiger charge is 2.19. The number of aliphatic imine (C=N–C) groups is 1. The lowest BCUT2D eigenvalue weighted by molar-refractivity contribution is 0.696. The van der Waals surface area contributed by atoms with E-state index in [-0.39, 0.29) is 0 Å². The second kappa shape index (κ2) is 6.91. The number of hydrogen-bond donors (Lipinski definition) is 0. The van der Waals surface area contributed by atoms with Crippen LogP contribution in [0.1, 0.15) is 34.4 Å². The van der Waals surface area contributed by atoms with Gasteiger partial charge < -0.3 is 0 Å². The lowest BCUT2D eigenvalue weighted by Crippen LogP contribution is -1.99. The molecule has 0 amide bonds. The van der Waals surface area contributed by atoms with Gasteiger partial charge >= 0.3 is 0 Å². The smallest absolute Gasteiger partial charge is 0.134 e. The van der Waals surface area contributed by atoms with Crippen LogP contribution in [0.15, 0.2) is 35.3 Å². The number of thiophene rings is 1. The Bertz CT molecular complexity index is 781. The largest absolute Gasteiger partial charge is 0.245 e. The van der Waals surface area contributed by atoms with Gasteiger partial charge in [-0.2, -0.15) is 5.26 Å². The fraction of sp³-hybridized carbons (Fsp3) is 0.222. The van der Waals surface area contributed by atoms with Gasteiger partial charge in [-0.05, 0) is 49.0 Å². The standard InChI is InChI=1S/C18H15ClN2S/c19-16-9-3-1-6-13(16)7-5-11-21-18-15(12-20)14-8-2-4-10-17(14)22-18/h1,3,5-7,9,11H,2,4,8,10H2/b7-5+,21-11+. The Hall–Kier alpha value is -1.89. The summed E-state index contributed by atoms with van der Waals surface area (Å²) in [7, 11) is 0. The summed E-state index contributed by atoms with van der Waals surface area (Å²) in [5.74, 6) is 0. The molecule has 4 heteroatoms. The Balaban J connectivity index is 1.80. The Morgan fingerprint density at radius 1 is 1.23 bits per heavy atom. The number of rotatable bonds is 3. The van der Waals surface area contributed by atoms with Crippen LogP contribution in [0.2, 0.25) is 5.02 Å². The first kappa shape index (κ1) is 15.0. The molecule has 0 radical (unpaired) electrons. The summed E-state index contributed by atoms with van der Waals surface area (Å²) in [6.45, 7) is 0. The number of aryl methyl sites for hydroxylation is 1. The minimum Gasteiger partial charge on any atom is -0.245 e. The molecule has 2 nitrogen and oxygen atoms in total. The predicted octanol–water partition coefficient (Wildman–Crippen LogP) is 5.57. The monoisotopic (exact) mass is 326 g/mol. The molecule has 3 rings (SSSR count). The van der Waals surface area contributed by atoms with Gasteiger partial charge in [0.2, 0.25) is 0 Å². The zero-order valence-electron chi connectivity index (χ0n) is 12.1. The van der Waals surface area contributed by atoms with Gasteiger partial charge in [-0.1, -0.05) is 35.9 Å². The SMILES string of the molecule is N#Cc1c(/N=C/C=C/c2ccccc2Cl)sc2c1CCCC2. The van der Waals surface area contributed by atoms with Gasteiger partial charge in [0, 0.05) is 16.1 Å². The van der Waals surface area contributed by atoms with Gasteiger partial charge in [-0.25, -0.2) is 4.99 Å². The van der Waals surface area contributed by atoms with Crippen molar-refractivity contribution in [1.29, 1.82) is 5.26 Å². The minimum absolute atomic E-state index is 0.719. The van der Waals surface area contributed by atoms with E-state index in [1.165, 1.54) is 23.3 Å². The molecule has 1 aliphatic rings. The Kier molecular flexibility index (Phi) is 4.72. The maximum Gasteiger partial charge on any atom is 0.134 e. The van der Waals surface area contributed by atoms with Gasteiger partial charge in [0.1, 0.15) is 11.1 Å². The van der Waals surface area contributed by atoms with E-state index in [0.717, 1.165) is 34.0 Å². The van der Waals surface area contributed by atoms with Crippen LogP contribution in [-0.2, 0) is 12.8 Å². The van der Waals surface area contributed by atoms with Crippen molar-refractivity contribution < 1.29 is 0 Å². The molecule has 0 N–H and O–H groups in total. The molecule has 1 heterocycles. The topological polar surface area (TPSA) is 36.1 Å². The molecule has 110 valence electrons. The fourth-order valence-electron chi connectivity index (χ4n) is 2.63. The van der Waals surface area contributed by atoms with Crippen molar-refractivity contribution in [1.82, 2.24) is 0 Å². The number of benzene rings is 1. The zero-order valence-corrected chi connectivity index (χ0v) is 13.6. The average Bonchev–Trinajstić information content (AvgIpc) is 2.90. The molecule has 0 saturated carbocycles. The molecule has 2 aromatic rings. The van der Waals surface area contributed by atoms with Gasteiger partial charge in [-0.3, -0.25) is 0 Å². The van der Waals surface area contributed by atoms with E-state index in [1.807, 2.05) is 36.4 Å². The molecule has 0 aliphatic heterocycles. The highest BCUT2D eigenvalue weighted by Crippen LogP contribution is 2.39. The third-order valence-corrected chi connectivity index (χ3v) is 5.27. The first-order valence-electron chi connectivity index (χ1n) is 7.29. The lowest BCUT2D eigenvalue weighted by Gasteiger charge is -2.09. The van der Waals surface area contributed by atoms with Crippen molar-refractivity contribution in [3.63, 3.8) is 0 Å². The third-order valence-electron chi connectivity index (χ3n) is 3.72. The quantitative estimate of drug-likeness (QED) is 0.679. The van der Waals surface area contributed by atoms with E-state index in [2.05, 4.69) is 11.1 Å². The van der Waals surface area contributed by atoms with Crippen molar-refractivity contribution in [2.45, 2.75) is 25.7 Å². The summed E-state index contributed by atoms with van der Waals surface area (Å²) >= 11 is 7.76. The number of fused-ring (bicyclic) bond motifs is 1. The molecule has 0 spiro atoms. The maximum atomic E-state index is 9.38. The maximum absolute atomic E-state index is 9.38. The van der Waals surface area contributed by atoms with Gasteiger partial charge in [0.05, 0.1) is 5.56 Å². The molecular formula is C18H15ClN2S. The molecule has 0 fully saturated rings. The number of hydrogen-bond acceptors (Lipinski definition) is 3. The third kappa shape index (κ3) is 3.14. The summed E-state index contributed by atoms with van der Waals surface area (Å²) in [4.78, 5) is 5.81. The van der Waals surface area contributed by atoms with Crippen molar-refractivity contribution in [2.24, 2.45) is 4.99 Å². The Morgan fingerprint density at radius 2 is 2.05 bits per heavy atom. The van der Waals surface area contributed by atoms with Gasteiger partial charge in [0.25, 0.3) is 0 Å². The first-order chi connectivity index (χ1) is 10.8. The summed E-state index contributed by atoms with van der Waals surface area (Å²) in [5.41, 5.74) is 2.95. The van der Waals surface area contributed by atoms with Crippen molar-refractivity contribution >= 4 is 40.2 Å². The molecule has 0 atom stereocenters. The van der Waals surface area contributed by atoms with Crippen LogP contribution in [0, 0.1) is 11.3 Å². The summed E-state index contributed by atoms with van der Waals surface area (Å²) in [6, 6.07) is 9.99. The molecule has 1 aromatic heterocycles. The molecule has 22 heavy (non-hydrogen) atoms. The highest BCUT2D eigenvalue weighted by atomic mass is 35.5. The lowest BCUT2D eigenvalue weighted by atomic mass is 9.96. The highest BCUT2D eigenvalue weighted by molar-refractivity contribution is 7.16. The second-order valence-electron chi connectivity index (χ2n) is 5.16. The minimum atomic E-state index is 0.719. The fourth-order valence-corrected chi connectivity index (χ4v) is 4.02. The van der Waals surface area contributed by atoms with E-state index >= 15 is 0 Å². The van der Waals surface area contributed by atoms with E-state index in [1.54, 1.807) is 17.6 Å².